The Balaban J connectivity index is 1.30. The smallest absolute Gasteiger partial charge is 0.321 e. The number of carbonyl (C=O) groups is 2. The molecule has 0 aliphatic carbocycles. The Hall–Kier alpha value is -3.66. The number of nitrogens with zero attached hydrogens (tertiary/aromatic N) is 3. The molecule has 1 aromatic carbocycles. The van der Waals surface area contributed by atoms with E-state index in [1.165, 1.54) is 17.5 Å². The number of carbonyl (C=O) groups excluding carboxylic acids is 2. The summed E-state index contributed by atoms with van der Waals surface area (Å²) in [5.41, 5.74) is 3.55. The van der Waals surface area contributed by atoms with Gasteiger partial charge in [0.05, 0.1) is 17.4 Å². The molecule has 0 atom stereocenters. The first-order valence-electron chi connectivity index (χ1n) is 9.84. The van der Waals surface area contributed by atoms with Crippen LogP contribution in [-0.2, 0) is 0 Å². The van der Waals surface area contributed by atoms with Crippen LogP contribution in [0.2, 0.25) is 0 Å². The second-order valence-electron chi connectivity index (χ2n) is 7.15. The molecule has 3 aromatic rings. The number of thiazole rings is 1. The summed E-state index contributed by atoms with van der Waals surface area (Å²) in [6.07, 6.45) is 4.25. The number of pyridine rings is 1. The molecule has 7 nitrogen and oxygen atoms in total. The first-order valence-corrected chi connectivity index (χ1v) is 10.8. The van der Waals surface area contributed by atoms with Crippen LogP contribution in [-0.4, -0.2) is 39.9 Å². The molecule has 0 saturated carbocycles. The molecule has 0 unspecified atom stereocenters. The topological polar surface area (TPSA) is 87.2 Å². The minimum Gasteiger partial charge on any atom is -0.324 e. The number of amides is 3. The van der Waals surface area contributed by atoms with Crippen LogP contribution in [0, 0.1) is 11.6 Å². The van der Waals surface area contributed by atoms with E-state index in [0.29, 0.717) is 43.1 Å². The summed E-state index contributed by atoms with van der Waals surface area (Å²) in [5.74, 6) is -0.973. The van der Waals surface area contributed by atoms with Crippen LogP contribution in [0.1, 0.15) is 28.9 Å². The van der Waals surface area contributed by atoms with E-state index in [-0.39, 0.29) is 17.5 Å². The molecule has 10 heteroatoms. The highest BCUT2D eigenvalue weighted by Crippen LogP contribution is 2.22. The molecule has 1 saturated heterocycles. The first-order chi connectivity index (χ1) is 15.5. The molecule has 0 spiro atoms. The zero-order valence-electron chi connectivity index (χ0n) is 16.8. The molecule has 1 fully saturated rings. The van der Waals surface area contributed by atoms with Gasteiger partial charge in [-0.25, -0.2) is 23.5 Å². The fourth-order valence-corrected chi connectivity index (χ4v) is 3.77. The maximum atomic E-state index is 13.8. The minimum atomic E-state index is -0.489. The van der Waals surface area contributed by atoms with E-state index in [4.69, 9.17) is 0 Å². The number of anilines is 2. The normalized spacial score (nSPS) is 13.6. The summed E-state index contributed by atoms with van der Waals surface area (Å²) < 4.78 is 27.2. The van der Waals surface area contributed by atoms with Crippen LogP contribution < -0.4 is 10.6 Å². The first kappa shape index (κ1) is 21.6. The van der Waals surface area contributed by atoms with Gasteiger partial charge in [0.1, 0.15) is 23.1 Å². The predicted octanol–water partition coefficient (Wildman–Crippen LogP) is 4.78. The molecular weight excluding hydrogens is 436 g/mol. The maximum absolute atomic E-state index is 13.8. The number of piperidine rings is 1. The van der Waals surface area contributed by atoms with Gasteiger partial charge in [0.25, 0.3) is 5.91 Å². The summed E-state index contributed by atoms with van der Waals surface area (Å²) in [6, 6.07) is 6.31. The number of likely N-dealkylation sites (tertiary alicyclic amines) is 1. The molecule has 3 heterocycles. The van der Waals surface area contributed by atoms with Gasteiger partial charge >= 0.3 is 6.03 Å². The number of rotatable bonds is 4. The molecule has 2 aromatic heterocycles. The highest BCUT2D eigenvalue weighted by atomic mass is 32.1. The molecule has 164 valence electrons. The average molecular weight is 455 g/mol. The number of urea groups is 1. The van der Waals surface area contributed by atoms with Crippen molar-refractivity contribution in [3.05, 3.63) is 75.9 Å². The summed E-state index contributed by atoms with van der Waals surface area (Å²) >= 11 is 1.32. The Labute approximate surface area is 186 Å². The van der Waals surface area contributed by atoms with Gasteiger partial charge < -0.3 is 15.5 Å². The molecule has 0 radical (unpaired) electrons. The van der Waals surface area contributed by atoms with Crippen molar-refractivity contribution in [1.29, 1.82) is 0 Å². The van der Waals surface area contributed by atoms with E-state index < -0.39 is 11.6 Å². The Morgan fingerprint density at radius 3 is 2.56 bits per heavy atom. The quantitative estimate of drug-likeness (QED) is 0.593. The Bertz CT molecular complexity index is 1140. The third-order valence-corrected chi connectivity index (χ3v) is 5.52. The Morgan fingerprint density at radius 2 is 1.88 bits per heavy atom. The number of hydrogen-bond acceptors (Lipinski definition) is 5. The lowest BCUT2D eigenvalue weighted by Crippen LogP contribution is -2.39. The molecular formula is C22H19F2N5O2S. The van der Waals surface area contributed by atoms with Gasteiger partial charge in [-0.2, -0.15) is 0 Å². The molecule has 2 N–H and O–H groups in total. The minimum absolute atomic E-state index is 0.214. The van der Waals surface area contributed by atoms with Gasteiger partial charge in [-0.15, -0.1) is 11.3 Å². The van der Waals surface area contributed by atoms with Gasteiger partial charge in [-0.05, 0) is 43.2 Å². The summed E-state index contributed by atoms with van der Waals surface area (Å²) in [5, 5.41) is 7.04. The number of hydrogen-bond donors (Lipinski definition) is 2. The second-order valence-corrected chi connectivity index (χ2v) is 7.86. The third-order valence-electron chi connectivity index (χ3n) is 4.93. The highest BCUT2D eigenvalue weighted by molar-refractivity contribution is 7.07. The van der Waals surface area contributed by atoms with Gasteiger partial charge in [-0.1, -0.05) is 11.6 Å². The largest absolute Gasteiger partial charge is 0.324 e. The number of halogens is 2. The average Bonchev–Trinajstić information content (AvgIpc) is 3.33. The number of nitrogens with one attached hydrogen (secondary N) is 2. The van der Waals surface area contributed by atoms with E-state index in [9.17, 15) is 18.4 Å². The Kier molecular flexibility index (Phi) is 6.50. The van der Waals surface area contributed by atoms with Crippen molar-refractivity contribution < 1.29 is 18.4 Å². The van der Waals surface area contributed by atoms with Crippen LogP contribution in [0.4, 0.5) is 25.1 Å². The lowest BCUT2D eigenvalue weighted by atomic mass is 10.0. The third kappa shape index (κ3) is 5.33. The van der Waals surface area contributed by atoms with Crippen LogP contribution in [0.15, 0.2) is 53.0 Å². The lowest BCUT2D eigenvalue weighted by Gasteiger charge is -2.28. The number of aromatic nitrogens is 2. The van der Waals surface area contributed by atoms with E-state index in [1.807, 2.05) is 0 Å². The van der Waals surface area contributed by atoms with Gasteiger partial charge in [0, 0.05) is 24.0 Å². The zero-order valence-corrected chi connectivity index (χ0v) is 17.7. The van der Waals surface area contributed by atoms with E-state index in [0.717, 1.165) is 23.8 Å². The summed E-state index contributed by atoms with van der Waals surface area (Å²) in [7, 11) is 0. The lowest BCUT2D eigenvalue weighted by molar-refractivity contribution is 0.102. The van der Waals surface area contributed by atoms with Crippen molar-refractivity contribution in [2.75, 3.05) is 23.7 Å². The molecule has 4 rings (SSSR count). The van der Waals surface area contributed by atoms with Crippen LogP contribution in [0.3, 0.4) is 0 Å². The van der Waals surface area contributed by atoms with E-state index in [2.05, 4.69) is 20.6 Å². The van der Waals surface area contributed by atoms with E-state index in [1.54, 1.807) is 34.0 Å². The van der Waals surface area contributed by atoms with Gasteiger partial charge in [-0.3, -0.25) is 4.79 Å². The summed E-state index contributed by atoms with van der Waals surface area (Å²) in [6.45, 7) is 0.924. The van der Waals surface area contributed by atoms with Crippen molar-refractivity contribution in [2.45, 2.75) is 12.8 Å². The zero-order chi connectivity index (χ0) is 22.5. The van der Waals surface area contributed by atoms with E-state index >= 15 is 0 Å². The summed E-state index contributed by atoms with van der Waals surface area (Å²) in [4.78, 5) is 34.2. The standard InChI is InChI=1S/C22H19F2N5O2S/c23-16-1-3-18(24)15(10-16)9-14-5-7-29(8-6-14)22(31)27-17-2-4-20(25-11-17)28-21(30)19-12-32-13-26-19/h1-4,9-13H,5-8H2,(H,27,31)(H,25,28,30). The van der Waals surface area contributed by atoms with Crippen molar-refractivity contribution in [2.24, 2.45) is 0 Å². The maximum Gasteiger partial charge on any atom is 0.321 e. The fourth-order valence-electron chi connectivity index (χ4n) is 3.24. The molecule has 3 amide bonds. The highest BCUT2D eigenvalue weighted by Gasteiger charge is 2.19. The molecule has 1 aliphatic rings. The number of benzene rings is 1. The molecule has 32 heavy (non-hydrogen) atoms. The van der Waals surface area contributed by atoms with Gasteiger partial charge in [0.15, 0.2) is 0 Å². The van der Waals surface area contributed by atoms with Crippen molar-refractivity contribution in [3.63, 3.8) is 0 Å². The van der Waals surface area contributed by atoms with Crippen molar-refractivity contribution in [1.82, 2.24) is 14.9 Å². The van der Waals surface area contributed by atoms with Crippen LogP contribution in [0.5, 0.6) is 0 Å². The Morgan fingerprint density at radius 1 is 1.06 bits per heavy atom. The second kappa shape index (κ2) is 9.65. The van der Waals surface area contributed by atoms with Crippen LogP contribution >= 0.6 is 11.3 Å². The van der Waals surface area contributed by atoms with Crippen molar-refractivity contribution >= 4 is 40.9 Å². The molecule has 0 bridgehead atoms. The SMILES string of the molecule is O=C(Nc1ccc(NC(=O)N2CCC(=Cc3cc(F)ccc3F)CC2)cn1)c1cscn1. The monoisotopic (exact) mass is 455 g/mol. The van der Waals surface area contributed by atoms with Crippen LogP contribution in [0.25, 0.3) is 6.08 Å². The fraction of sp³-hybridized carbons (Fsp3) is 0.182. The van der Waals surface area contributed by atoms with Crippen molar-refractivity contribution in [3.8, 4) is 0 Å². The molecule has 1 aliphatic heterocycles. The predicted molar refractivity (Wildman–Crippen MR) is 118 cm³/mol. The van der Waals surface area contributed by atoms with Gasteiger partial charge in [0.2, 0.25) is 0 Å².